The second-order valence-corrected chi connectivity index (χ2v) is 7.81. The minimum atomic E-state index is -1.16. The third-order valence-corrected chi connectivity index (χ3v) is 5.55. The van der Waals surface area contributed by atoms with Crippen molar-refractivity contribution in [3.05, 3.63) is 77.1 Å². The van der Waals surface area contributed by atoms with E-state index in [2.05, 4.69) is 31.7 Å². The van der Waals surface area contributed by atoms with Crippen LogP contribution in [0.25, 0.3) is 0 Å². The lowest BCUT2D eigenvalue weighted by molar-refractivity contribution is -0.139. The molecule has 1 aliphatic rings. The number of benzene rings is 2. The largest absolute Gasteiger partial charge is 0.479 e. The van der Waals surface area contributed by atoms with Crippen LogP contribution in [0.5, 0.6) is 5.75 Å². The maximum Gasteiger partial charge on any atom is 0.341 e. The smallest absolute Gasteiger partial charge is 0.341 e. The Bertz CT molecular complexity index is 908. The van der Waals surface area contributed by atoms with Crippen molar-refractivity contribution in [1.29, 1.82) is 0 Å². The predicted molar refractivity (Wildman–Crippen MR) is 110 cm³/mol. The second kappa shape index (κ2) is 8.78. The van der Waals surface area contributed by atoms with Gasteiger partial charge in [0, 0.05) is 17.4 Å². The van der Waals surface area contributed by atoms with Crippen LogP contribution in [0.15, 0.2) is 54.6 Å². The fraction of sp³-hybridized carbons (Fsp3) is 0.375. The van der Waals surface area contributed by atoms with E-state index < -0.39 is 24.5 Å². The van der Waals surface area contributed by atoms with Gasteiger partial charge < -0.3 is 14.6 Å². The zero-order valence-electron chi connectivity index (χ0n) is 17.0. The van der Waals surface area contributed by atoms with Gasteiger partial charge in [-0.2, -0.15) is 0 Å². The third kappa shape index (κ3) is 4.67. The average Bonchev–Trinajstić information content (AvgIpc) is 2.66. The predicted octanol–water partition coefficient (Wildman–Crippen LogP) is 5.42. The van der Waals surface area contributed by atoms with E-state index in [9.17, 15) is 9.18 Å². The Morgan fingerprint density at radius 2 is 2.03 bits per heavy atom. The molecule has 5 heteroatoms. The van der Waals surface area contributed by atoms with Crippen LogP contribution in [0.4, 0.5) is 4.39 Å². The molecule has 0 amide bonds. The molecule has 1 saturated heterocycles. The van der Waals surface area contributed by atoms with Gasteiger partial charge in [0.15, 0.2) is 18.2 Å². The Balaban J connectivity index is 1.96. The van der Waals surface area contributed by atoms with E-state index in [1.54, 1.807) is 12.1 Å². The normalized spacial score (nSPS) is 24.1. The molecule has 0 aliphatic carbocycles. The van der Waals surface area contributed by atoms with Gasteiger partial charge in [0.1, 0.15) is 0 Å². The molecule has 2 aromatic rings. The second-order valence-electron chi connectivity index (χ2n) is 7.81. The lowest BCUT2D eigenvalue weighted by Crippen LogP contribution is -2.34. The van der Waals surface area contributed by atoms with Crippen LogP contribution < -0.4 is 4.74 Å². The number of halogens is 1. The zero-order chi connectivity index (χ0) is 21.1. The van der Waals surface area contributed by atoms with Crippen molar-refractivity contribution in [2.45, 2.75) is 45.3 Å². The van der Waals surface area contributed by atoms with E-state index in [0.717, 1.165) is 12.0 Å². The standard InChI is InChI=1S/C24H27FO4/c1-14(2)19-12-20(17-8-5-7-15(3)11-17)16(4)29-23(19)18-9-6-10-21(25)24(18)28-13-22(26)27/h5-11,16,19-20,23H,1,12-13H2,2-4H3,(H,26,27)/t16-,19+,20-,23+/m0/s1. The first-order valence-corrected chi connectivity index (χ1v) is 9.78. The summed E-state index contributed by atoms with van der Waals surface area (Å²) in [5, 5.41) is 8.94. The molecule has 0 saturated carbocycles. The monoisotopic (exact) mass is 398 g/mol. The Morgan fingerprint density at radius 1 is 1.31 bits per heavy atom. The van der Waals surface area contributed by atoms with Gasteiger partial charge in [0.25, 0.3) is 0 Å². The summed E-state index contributed by atoms with van der Waals surface area (Å²) in [6.07, 6.45) is 0.246. The molecule has 0 spiro atoms. The first-order chi connectivity index (χ1) is 13.8. The highest BCUT2D eigenvalue weighted by Crippen LogP contribution is 2.48. The Hall–Kier alpha value is -2.66. The summed E-state index contributed by atoms with van der Waals surface area (Å²) in [4.78, 5) is 10.9. The highest BCUT2D eigenvalue weighted by molar-refractivity contribution is 5.68. The van der Waals surface area contributed by atoms with E-state index in [1.807, 2.05) is 19.9 Å². The van der Waals surface area contributed by atoms with Gasteiger partial charge in [-0.3, -0.25) is 0 Å². The van der Waals surface area contributed by atoms with Crippen molar-refractivity contribution < 1.29 is 23.8 Å². The molecule has 1 heterocycles. The first kappa shape index (κ1) is 21.1. The van der Waals surface area contributed by atoms with Crippen molar-refractivity contribution in [3.8, 4) is 5.75 Å². The van der Waals surface area contributed by atoms with E-state index in [1.165, 1.54) is 17.2 Å². The number of aliphatic carboxylic acids is 1. The summed E-state index contributed by atoms with van der Waals surface area (Å²) in [5.41, 5.74) is 3.86. The summed E-state index contributed by atoms with van der Waals surface area (Å²) in [5.74, 6) is -1.68. The number of hydrogen-bond donors (Lipinski definition) is 1. The van der Waals surface area contributed by atoms with Crippen molar-refractivity contribution in [3.63, 3.8) is 0 Å². The van der Waals surface area contributed by atoms with Crippen LogP contribution >= 0.6 is 0 Å². The minimum absolute atomic E-state index is 0.0503. The molecule has 29 heavy (non-hydrogen) atoms. The molecule has 0 bridgehead atoms. The maximum absolute atomic E-state index is 14.5. The van der Waals surface area contributed by atoms with Crippen LogP contribution in [0.1, 0.15) is 49.0 Å². The average molecular weight is 398 g/mol. The Morgan fingerprint density at radius 3 is 2.69 bits per heavy atom. The number of para-hydroxylation sites is 1. The van der Waals surface area contributed by atoms with Crippen LogP contribution in [0, 0.1) is 18.7 Å². The van der Waals surface area contributed by atoms with Crippen molar-refractivity contribution in [1.82, 2.24) is 0 Å². The molecule has 1 aliphatic heterocycles. The summed E-state index contributed by atoms with van der Waals surface area (Å²) < 4.78 is 26.2. The summed E-state index contributed by atoms with van der Waals surface area (Å²) >= 11 is 0. The molecular formula is C24H27FO4. The van der Waals surface area contributed by atoms with Crippen LogP contribution in [0.3, 0.4) is 0 Å². The Kier molecular flexibility index (Phi) is 6.38. The number of carbonyl (C=O) groups is 1. The zero-order valence-corrected chi connectivity index (χ0v) is 17.0. The minimum Gasteiger partial charge on any atom is -0.479 e. The number of carboxylic acids is 1. The Labute approximate surface area is 171 Å². The molecule has 0 radical (unpaired) electrons. The molecule has 2 aromatic carbocycles. The van der Waals surface area contributed by atoms with Crippen molar-refractivity contribution in [2.24, 2.45) is 5.92 Å². The fourth-order valence-electron chi connectivity index (χ4n) is 4.10. The van der Waals surface area contributed by atoms with Gasteiger partial charge in [0.2, 0.25) is 0 Å². The lowest BCUT2D eigenvalue weighted by atomic mass is 9.75. The molecule has 0 aromatic heterocycles. The molecule has 4 nitrogen and oxygen atoms in total. The molecule has 1 fully saturated rings. The van der Waals surface area contributed by atoms with Gasteiger partial charge in [0.05, 0.1) is 12.2 Å². The topological polar surface area (TPSA) is 55.8 Å². The fourth-order valence-corrected chi connectivity index (χ4v) is 4.10. The van der Waals surface area contributed by atoms with Crippen LogP contribution in [0.2, 0.25) is 0 Å². The molecular weight excluding hydrogens is 371 g/mol. The van der Waals surface area contributed by atoms with Gasteiger partial charge in [-0.25, -0.2) is 9.18 Å². The number of rotatable bonds is 6. The quantitative estimate of drug-likeness (QED) is 0.660. The maximum atomic E-state index is 14.5. The van der Waals surface area contributed by atoms with Gasteiger partial charge in [-0.05, 0) is 38.8 Å². The number of aryl methyl sites for hydroxylation is 1. The lowest BCUT2D eigenvalue weighted by Gasteiger charge is -2.42. The van der Waals surface area contributed by atoms with Crippen LogP contribution in [-0.4, -0.2) is 23.8 Å². The van der Waals surface area contributed by atoms with E-state index in [4.69, 9.17) is 14.6 Å². The van der Waals surface area contributed by atoms with Gasteiger partial charge in [-0.15, -0.1) is 0 Å². The van der Waals surface area contributed by atoms with E-state index >= 15 is 0 Å². The highest BCUT2D eigenvalue weighted by atomic mass is 19.1. The molecule has 3 rings (SSSR count). The summed E-state index contributed by atoms with van der Waals surface area (Å²) in [7, 11) is 0. The third-order valence-electron chi connectivity index (χ3n) is 5.55. The first-order valence-electron chi connectivity index (χ1n) is 9.78. The van der Waals surface area contributed by atoms with E-state index in [0.29, 0.717) is 5.56 Å². The number of hydrogen-bond acceptors (Lipinski definition) is 3. The molecule has 1 N–H and O–H groups in total. The van der Waals surface area contributed by atoms with Crippen molar-refractivity contribution >= 4 is 5.97 Å². The molecule has 154 valence electrons. The van der Waals surface area contributed by atoms with Gasteiger partial charge in [-0.1, -0.05) is 54.1 Å². The highest BCUT2D eigenvalue weighted by Gasteiger charge is 2.39. The number of ether oxygens (including phenoxy) is 2. The molecule has 4 atom stereocenters. The van der Waals surface area contributed by atoms with Gasteiger partial charge >= 0.3 is 5.97 Å². The summed E-state index contributed by atoms with van der Waals surface area (Å²) in [6, 6.07) is 13.0. The van der Waals surface area contributed by atoms with Crippen LogP contribution in [-0.2, 0) is 9.53 Å². The van der Waals surface area contributed by atoms with E-state index in [-0.39, 0.29) is 23.7 Å². The number of carboxylic acid groups (broad SMARTS) is 1. The molecule has 0 unspecified atom stereocenters. The SMILES string of the molecule is C=C(C)[C@H]1C[C@H](c2cccc(C)c2)[C@H](C)O[C@@H]1c1cccc(F)c1OCC(=O)O. The summed E-state index contributed by atoms with van der Waals surface area (Å²) in [6.45, 7) is 9.56. The van der Waals surface area contributed by atoms with Crippen molar-refractivity contribution in [2.75, 3.05) is 6.61 Å².